The quantitative estimate of drug-likeness (QED) is 0.796. The van der Waals surface area contributed by atoms with Crippen molar-refractivity contribution >= 4 is 17.1 Å². The molecular weight excluding hydrogens is 258 g/mol. The number of aromatic nitrogens is 3. The number of hydrogen-bond donors (Lipinski definition) is 2. The van der Waals surface area contributed by atoms with Crippen LogP contribution in [0.4, 0.5) is 0 Å². The second kappa shape index (κ2) is 5.09. The van der Waals surface area contributed by atoms with Gasteiger partial charge in [0.15, 0.2) is 5.65 Å². The number of likely N-dealkylation sites (tertiary alicyclic amines) is 1. The van der Waals surface area contributed by atoms with Gasteiger partial charge < -0.3 is 10.6 Å². The van der Waals surface area contributed by atoms with Crippen LogP contribution in [0, 0.1) is 0 Å². The van der Waals surface area contributed by atoms with Gasteiger partial charge in [-0.15, -0.1) is 0 Å². The van der Waals surface area contributed by atoms with Crippen LogP contribution in [0.5, 0.6) is 0 Å². The van der Waals surface area contributed by atoms with Gasteiger partial charge in [-0.05, 0) is 25.0 Å². The van der Waals surface area contributed by atoms with Crippen LogP contribution in [0.15, 0.2) is 23.1 Å². The molecule has 0 unspecified atom stereocenters. The van der Waals surface area contributed by atoms with E-state index in [2.05, 4.69) is 9.97 Å². The Morgan fingerprint density at radius 2 is 2.20 bits per heavy atom. The molecule has 1 amide bonds. The van der Waals surface area contributed by atoms with Crippen molar-refractivity contribution in [2.75, 3.05) is 19.6 Å². The number of carbonyl (C=O) groups is 1. The van der Waals surface area contributed by atoms with E-state index in [4.69, 9.17) is 5.73 Å². The van der Waals surface area contributed by atoms with Gasteiger partial charge in [-0.1, -0.05) is 0 Å². The fourth-order valence-corrected chi connectivity index (χ4v) is 2.82. The molecule has 0 aliphatic carbocycles. The van der Waals surface area contributed by atoms with Crippen molar-refractivity contribution in [3.8, 4) is 0 Å². The zero-order valence-corrected chi connectivity index (χ0v) is 11.1. The molecular formula is C13H17N5O2. The number of amides is 1. The number of hydrogen-bond acceptors (Lipinski definition) is 4. The van der Waals surface area contributed by atoms with Crippen molar-refractivity contribution in [3.63, 3.8) is 0 Å². The SMILES string of the molecule is NCC(=O)N1CCC(n2c(=O)[nH]c3ncccc32)CC1. The van der Waals surface area contributed by atoms with Gasteiger partial charge in [0.05, 0.1) is 12.1 Å². The first-order chi connectivity index (χ1) is 9.70. The second-order valence-corrected chi connectivity index (χ2v) is 4.99. The summed E-state index contributed by atoms with van der Waals surface area (Å²) in [6, 6.07) is 3.80. The molecule has 20 heavy (non-hydrogen) atoms. The van der Waals surface area contributed by atoms with E-state index in [-0.39, 0.29) is 24.2 Å². The van der Waals surface area contributed by atoms with Crippen molar-refractivity contribution in [1.82, 2.24) is 19.4 Å². The monoisotopic (exact) mass is 275 g/mol. The Labute approximate surface area is 115 Å². The summed E-state index contributed by atoms with van der Waals surface area (Å²) in [7, 11) is 0. The summed E-state index contributed by atoms with van der Waals surface area (Å²) in [5.41, 5.74) is 6.66. The highest BCUT2D eigenvalue weighted by Crippen LogP contribution is 2.24. The minimum absolute atomic E-state index is 0.0311. The molecule has 0 aromatic carbocycles. The van der Waals surface area contributed by atoms with Crippen molar-refractivity contribution < 1.29 is 4.79 Å². The van der Waals surface area contributed by atoms with E-state index >= 15 is 0 Å². The molecule has 2 aromatic heterocycles. The first-order valence-electron chi connectivity index (χ1n) is 6.74. The molecule has 0 radical (unpaired) electrons. The molecule has 7 heteroatoms. The van der Waals surface area contributed by atoms with Gasteiger partial charge in [0.2, 0.25) is 5.91 Å². The highest BCUT2D eigenvalue weighted by molar-refractivity contribution is 5.78. The number of nitrogens with two attached hydrogens (primary N) is 1. The third-order valence-corrected chi connectivity index (χ3v) is 3.85. The first kappa shape index (κ1) is 12.9. The summed E-state index contributed by atoms with van der Waals surface area (Å²) >= 11 is 0. The van der Waals surface area contributed by atoms with Gasteiger partial charge >= 0.3 is 5.69 Å². The molecule has 3 heterocycles. The van der Waals surface area contributed by atoms with Gasteiger partial charge in [-0.3, -0.25) is 14.3 Å². The van der Waals surface area contributed by atoms with Crippen LogP contribution in [-0.2, 0) is 4.79 Å². The molecule has 0 saturated carbocycles. The van der Waals surface area contributed by atoms with Gasteiger partial charge in [-0.2, -0.15) is 0 Å². The van der Waals surface area contributed by atoms with Crippen LogP contribution >= 0.6 is 0 Å². The number of carbonyl (C=O) groups excluding carboxylic acids is 1. The fraction of sp³-hybridized carbons (Fsp3) is 0.462. The lowest BCUT2D eigenvalue weighted by atomic mass is 10.0. The van der Waals surface area contributed by atoms with E-state index in [0.29, 0.717) is 18.7 Å². The van der Waals surface area contributed by atoms with Crippen LogP contribution in [0.3, 0.4) is 0 Å². The van der Waals surface area contributed by atoms with E-state index in [0.717, 1.165) is 18.4 Å². The minimum Gasteiger partial charge on any atom is -0.341 e. The van der Waals surface area contributed by atoms with Crippen molar-refractivity contribution in [2.45, 2.75) is 18.9 Å². The Bertz CT molecular complexity index is 681. The topological polar surface area (TPSA) is 97.0 Å². The highest BCUT2D eigenvalue weighted by atomic mass is 16.2. The largest absolute Gasteiger partial charge is 0.341 e. The normalized spacial score (nSPS) is 16.8. The maximum Gasteiger partial charge on any atom is 0.327 e. The lowest BCUT2D eigenvalue weighted by Gasteiger charge is -2.32. The van der Waals surface area contributed by atoms with E-state index in [1.165, 1.54) is 0 Å². The lowest BCUT2D eigenvalue weighted by molar-refractivity contribution is -0.130. The Hall–Kier alpha value is -2.15. The number of piperidine rings is 1. The Morgan fingerprint density at radius 3 is 2.90 bits per heavy atom. The molecule has 2 aromatic rings. The molecule has 3 N–H and O–H groups in total. The van der Waals surface area contributed by atoms with Crippen molar-refractivity contribution in [3.05, 3.63) is 28.8 Å². The van der Waals surface area contributed by atoms with Gasteiger partial charge in [0.25, 0.3) is 0 Å². The molecule has 106 valence electrons. The van der Waals surface area contributed by atoms with E-state index in [1.807, 2.05) is 12.1 Å². The van der Waals surface area contributed by atoms with E-state index in [9.17, 15) is 9.59 Å². The lowest BCUT2D eigenvalue weighted by Crippen LogP contribution is -2.43. The third-order valence-electron chi connectivity index (χ3n) is 3.85. The zero-order chi connectivity index (χ0) is 14.1. The summed E-state index contributed by atoms with van der Waals surface area (Å²) in [5.74, 6) is -0.0311. The third kappa shape index (κ3) is 2.09. The number of nitrogens with one attached hydrogen (secondary N) is 1. The standard InChI is InChI=1S/C13H17N5O2/c14-8-11(19)17-6-3-9(4-7-17)18-10-2-1-5-15-12(10)16-13(18)20/h1-2,5,9H,3-4,6-8,14H2,(H,15,16,20). The van der Waals surface area contributed by atoms with E-state index < -0.39 is 0 Å². The first-order valence-corrected chi connectivity index (χ1v) is 6.74. The number of rotatable bonds is 2. The van der Waals surface area contributed by atoms with Crippen LogP contribution in [-0.4, -0.2) is 45.0 Å². The predicted octanol–water partition coefficient (Wildman–Crippen LogP) is -0.153. The van der Waals surface area contributed by atoms with Gasteiger partial charge in [-0.25, -0.2) is 9.78 Å². The van der Waals surface area contributed by atoms with E-state index in [1.54, 1.807) is 15.7 Å². The second-order valence-electron chi connectivity index (χ2n) is 4.99. The predicted molar refractivity (Wildman–Crippen MR) is 74.3 cm³/mol. The molecule has 7 nitrogen and oxygen atoms in total. The maximum atomic E-state index is 12.1. The average Bonchev–Trinajstić information content (AvgIpc) is 2.82. The van der Waals surface area contributed by atoms with Gasteiger partial charge in [0, 0.05) is 25.3 Å². The zero-order valence-electron chi connectivity index (χ0n) is 11.1. The molecule has 1 saturated heterocycles. The summed E-state index contributed by atoms with van der Waals surface area (Å²) in [6.45, 7) is 1.32. The summed E-state index contributed by atoms with van der Waals surface area (Å²) in [5, 5.41) is 0. The van der Waals surface area contributed by atoms with Crippen LogP contribution in [0.25, 0.3) is 11.2 Å². The summed E-state index contributed by atoms with van der Waals surface area (Å²) in [6.07, 6.45) is 3.17. The Kier molecular flexibility index (Phi) is 3.27. The smallest absolute Gasteiger partial charge is 0.327 e. The number of fused-ring (bicyclic) bond motifs is 1. The van der Waals surface area contributed by atoms with Crippen LogP contribution < -0.4 is 11.4 Å². The molecule has 1 fully saturated rings. The Morgan fingerprint density at radius 1 is 1.45 bits per heavy atom. The number of nitrogens with zero attached hydrogens (tertiary/aromatic N) is 3. The van der Waals surface area contributed by atoms with Crippen molar-refractivity contribution in [2.24, 2.45) is 5.73 Å². The number of imidazole rings is 1. The summed E-state index contributed by atoms with van der Waals surface area (Å²) in [4.78, 5) is 32.3. The van der Waals surface area contributed by atoms with Gasteiger partial charge in [0.1, 0.15) is 0 Å². The number of pyridine rings is 1. The highest BCUT2D eigenvalue weighted by Gasteiger charge is 2.25. The Balaban J connectivity index is 1.85. The molecule has 1 aliphatic heterocycles. The molecule has 0 spiro atoms. The van der Waals surface area contributed by atoms with Crippen LogP contribution in [0.1, 0.15) is 18.9 Å². The van der Waals surface area contributed by atoms with Crippen LogP contribution in [0.2, 0.25) is 0 Å². The molecule has 0 bridgehead atoms. The number of H-pyrrole nitrogens is 1. The molecule has 0 atom stereocenters. The summed E-state index contributed by atoms with van der Waals surface area (Å²) < 4.78 is 1.76. The average molecular weight is 275 g/mol. The molecule has 1 aliphatic rings. The number of aromatic amines is 1. The maximum absolute atomic E-state index is 12.1. The fourth-order valence-electron chi connectivity index (χ4n) is 2.82. The van der Waals surface area contributed by atoms with Crippen molar-refractivity contribution in [1.29, 1.82) is 0 Å². The molecule has 3 rings (SSSR count). The minimum atomic E-state index is -0.137.